The second kappa shape index (κ2) is 8.88. The molecule has 0 spiro atoms. The van der Waals surface area contributed by atoms with Gasteiger partial charge in [-0.15, -0.1) is 0 Å². The Morgan fingerprint density at radius 3 is 2.48 bits per heavy atom. The van der Waals surface area contributed by atoms with Crippen LogP contribution < -0.4 is 10.1 Å². The van der Waals surface area contributed by atoms with E-state index in [0.29, 0.717) is 17.8 Å². The number of ether oxygens (including phenoxy) is 1. The van der Waals surface area contributed by atoms with E-state index in [-0.39, 0.29) is 17.7 Å². The minimum Gasteiger partial charge on any atom is -0.497 e. The van der Waals surface area contributed by atoms with E-state index in [1.54, 1.807) is 31.4 Å². The number of nitrogens with zero attached hydrogens (tertiary/aromatic N) is 1. The third-order valence-corrected chi connectivity index (χ3v) is 5.12. The fourth-order valence-electron chi connectivity index (χ4n) is 3.19. The van der Waals surface area contributed by atoms with Crippen LogP contribution in [0.25, 0.3) is 10.8 Å². The first-order valence-electron chi connectivity index (χ1n) is 9.56. The van der Waals surface area contributed by atoms with Gasteiger partial charge in [-0.05, 0) is 67.6 Å². The number of hydrogen-bond acceptors (Lipinski definition) is 4. The fourth-order valence-corrected chi connectivity index (χ4v) is 3.19. The third-order valence-electron chi connectivity index (χ3n) is 5.12. The van der Waals surface area contributed by atoms with Gasteiger partial charge in [0.05, 0.1) is 13.2 Å². The highest BCUT2D eigenvalue weighted by molar-refractivity contribution is 5.98. The zero-order chi connectivity index (χ0) is 21.0. The van der Waals surface area contributed by atoms with Crippen LogP contribution in [0.2, 0.25) is 0 Å². The number of Topliss-reactive ketones (excluding diaryl/α,β-unsaturated/α-hetero) is 1. The molecule has 5 nitrogen and oxygen atoms in total. The number of nitrogens with one attached hydrogen (secondary N) is 1. The smallest absolute Gasteiger partial charge is 0.241 e. The van der Waals surface area contributed by atoms with Gasteiger partial charge in [-0.25, -0.2) is 0 Å². The van der Waals surface area contributed by atoms with E-state index < -0.39 is 0 Å². The molecule has 0 saturated carbocycles. The van der Waals surface area contributed by atoms with Crippen LogP contribution in [0.4, 0.5) is 5.69 Å². The summed E-state index contributed by atoms with van der Waals surface area (Å²) in [6.07, 6.45) is 0. The van der Waals surface area contributed by atoms with Crippen LogP contribution >= 0.6 is 0 Å². The number of methoxy groups -OCH3 is 1. The number of benzene rings is 3. The molecule has 0 aliphatic carbocycles. The fraction of sp³-hybridized carbons (Fsp3) is 0.250. The van der Waals surface area contributed by atoms with Gasteiger partial charge in [-0.2, -0.15) is 0 Å². The summed E-state index contributed by atoms with van der Waals surface area (Å²) in [4.78, 5) is 26.2. The first kappa shape index (κ1) is 20.6. The van der Waals surface area contributed by atoms with Crippen LogP contribution in [0.15, 0.2) is 60.7 Å². The van der Waals surface area contributed by atoms with Gasteiger partial charge >= 0.3 is 0 Å². The van der Waals surface area contributed by atoms with Crippen molar-refractivity contribution in [3.05, 3.63) is 71.8 Å². The molecule has 29 heavy (non-hydrogen) atoms. The van der Waals surface area contributed by atoms with Gasteiger partial charge in [0.15, 0.2) is 5.78 Å². The molecule has 150 valence electrons. The van der Waals surface area contributed by atoms with Gasteiger partial charge in [0.2, 0.25) is 5.91 Å². The van der Waals surface area contributed by atoms with E-state index in [2.05, 4.69) is 23.5 Å². The van der Waals surface area contributed by atoms with Crippen molar-refractivity contribution < 1.29 is 14.3 Å². The SMILES string of the molecule is COc1ccc2cc(CN(C)[C@@H](C)C(=O)Nc3cccc(C(C)=O)c3)ccc2c1. The lowest BCUT2D eigenvalue weighted by atomic mass is 10.1. The lowest BCUT2D eigenvalue weighted by molar-refractivity contribution is -0.120. The highest BCUT2D eigenvalue weighted by atomic mass is 16.5. The summed E-state index contributed by atoms with van der Waals surface area (Å²) in [6.45, 7) is 4.02. The Morgan fingerprint density at radius 2 is 1.76 bits per heavy atom. The number of rotatable bonds is 7. The molecule has 0 unspecified atom stereocenters. The largest absolute Gasteiger partial charge is 0.497 e. The van der Waals surface area contributed by atoms with E-state index in [1.807, 2.05) is 37.1 Å². The Bertz CT molecular complexity index is 1050. The molecule has 0 fully saturated rings. The molecule has 0 aromatic heterocycles. The van der Waals surface area contributed by atoms with Gasteiger partial charge in [0.25, 0.3) is 0 Å². The second-order valence-electron chi connectivity index (χ2n) is 7.26. The molecule has 3 aromatic rings. The molecule has 3 rings (SSSR count). The molecule has 0 aliphatic heterocycles. The van der Waals surface area contributed by atoms with Gasteiger partial charge in [-0.1, -0.05) is 30.3 Å². The highest BCUT2D eigenvalue weighted by Crippen LogP contribution is 2.22. The summed E-state index contributed by atoms with van der Waals surface area (Å²) < 4.78 is 5.27. The van der Waals surface area contributed by atoms with E-state index in [9.17, 15) is 9.59 Å². The monoisotopic (exact) mass is 390 g/mol. The minimum atomic E-state index is -0.331. The van der Waals surface area contributed by atoms with Gasteiger partial charge < -0.3 is 10.1 Å². The molecule has 0 saturated heterocycles. The zero-order valence-electron chi connectivity index (χ0n) is 17.2. The summed E-state index contributed by atoms with van der Waals surface area (Å²) in [5.41, 5.74) is 2.34. The molecule has 5 heteroatoms. The van der Waals surface area contributed by atoms with Crippen molar-refractivity contribution in [1.29, 1.82) is 0 Å². The van der Waals surface area contributed by atoms with Crippen LogP contribution in [-0.2, 0) is 11.3 Å². The third kappa shape index (κ3) is 5.00. The van der Waals surface area contributed by atoms with Gasteiger partial charge in [0, 0.05) is 17.8 Å². The number of anilines is 1. The van der Waals surface area contributed by atoms with Crippen LogP contribution in [0, 0.1) is 0 Å². The summed E-state index contributed by atoms with van der Waals surface area (Å²) >= 11 is 0. The predicted octanol–water partition coefficient (Wildman–Crippen LogP) is 4.51. The van der Waals surface area contributed by atoms with Crippen LogP contribution in [0.5, 0.6) is 5.75 Å². The molecule has 3 aromatic carbocycles. The maximum absolute atomic E-state index is 12.7. The van der Waals surface area contributed by atoms with Crippen LogP contribution in [0.1, 0.15) is 29.8 Å². The molecule has 0 heterocycles. The summed E-state index contributed by atoms with van der Waals surface area (Å²) in [5, 5.41) is 5.15. The minimum absolute atomic E-state index is 0.0276. The average Bonchev–Trinajstić information content (AvgIpc) is 2.72. The highest BCUT2D eigenvalue weighted by Gasteiger charge is 2.18. The Morgan fingerprint density at radius 1 is 1.03 bits per heavy atom. The molecule has 1 atom stereocenters. The lowest BCUT2D eigenvalue weighted by Gasteiger charge is -2.24. The van der Waals surface area contributed by atoms with Crippen molar-refractivity contribution in [2.24, 2.45) is 0 Å². The van der Waals surface area contributed by atoms with E-state index >= 15 is 0 Å². The maximum atomic E-state index is 12.7. The first-order chi connectivity index (χ1) is 13.9. The van der Waals surface area contributed by atoms with Crippen LogP contribution in [-0.4, -0.2) is 36.8 Å². The zero-order valence-corrected chi connectivity index (χ0v) is 17.2. The predicted molar refractivity (Wildman–Crippen MR) is 117 cm³/mol. The number of hydrogen-bond donors (Lipinski definition) is 1. The molecule has 0 bridgehead atoms. The number of likely N-dealkylation sites (N-methyl/N-ethyl adjacent to an activating group) is 1. The molecule has 1 N–H and O–H groups in total. The Kier molecular flexibility index (Phi) is 6.29. The first-order valence-corrected chi connectivity index (χ1v) is 9.56. The standard InChI is InChI=1S/C24H26N2O3/c1-16(24(28)25-22-7-5-6-19(13-22)17(2)27)26(3)15-18-8-9-21-14-23(29-4)11-10-20(21)12-18/h5-14,16H,15H2,1-4H3,(H,25,28)/t16-/m0/s1. The van der Waals surface area contributed by atoms with E-state index in [0.717, 1.165) is 22.1 Å². The number of carbonyl (C=O) groups excluding carboxylic acids is 2. The van der Waals surface area contributed by atoms with Crippen molar-refractivity contribution in [1.82, 2.24) is 4.90 Å². The summed E-state index contributed by atoms with van der Waals surface area (Å²) in [7, 11) is 3.59. The topological polar surface area (TPSA) is 58.6 Å². The van der Waals surface area contributed by atoms with Crippen molar-refractivity contribution in [2.75, 3.05) is 19.5 Å². The van der Waals surface area contributed by atoms with Gasteiger partial charge in [0.1, 0.15) is 5.75 Å². The maximum Gasteiger partial charge on any atom is 0.241 e. The van der Waals surface area contributed by atoms with Crippen molar-refractivity contribution >= 4 is 28.2 Å². The Labute approximate surface area is 171 Å². The van der Waals surface area contributed by atoms with E-state index in [1.165, 1.54) is 6.92 Å². The molecular formula is C24H26N2O3. The molecular weight excluding hydrogens is 364 g/mol. The normalized spacial score (nSPS) is 12.0. The lowest BCUT2D eigenvalue weighted by Crippen LogP contribution is -2.39. The number of fused-ring (bicyclic) bond motifs is 1. The number of ketones is 1. The quantitative estimate of drug-likeness (QED) is 0.603. The molecule has 1 amide bonds. The summed E-state index contributed by atoms with van der Waals surface area (Å²) in [6, 6.07) is 18.9. The van der Waals surface area contributed by atoms with Gasteiger partial charge in [-0.3, -0.25) is 14.5 Å². The number of amides is 1. The average molecular weight is 390 g/mol. The van der Waals surface area contributed by atoms with E-state index in [4.69, 9.17) is 4.74 Å². The summed E-state index contributed by atoms with van der Waals surface area (Å²) in [5.74, 6) is 0.695. The molecule has 0 aliphatic rings. The second-order valence-corrected chi connectivity index (χ2v) is 7.26. The number of carbonyl (C=O) groups is 2. The van der Waals surface area contributed by atoms with Crippen molar-refractivity contribution in [3.8, 4) is 5.75 Å². The Balaban J connectivity index is 1.67. The molecule has 0 radical (unpaired) electrons. The van der Waals surface area contributed by atoms with Crippen LogP contribution in [0.3, 0.4) is 0 Å². The van der Waals surface area contributed by atoms with Crippen molar-refractivity contribution in [3.63, 3.8) is 0 Å². The van der Waals surface area contributed by atoms with Crippen molar-refractivity contribution in [2.45, 2.75) is 26.4 Å². The Hall–Kier alpha value is -3.18.